The Morgan fingerprint density at radius 1 is 1.44 bits per heavy atom. The molecule has 0 unspecified atom stereocenters. The monoisotopic (exact) mass is 275 g/mol. The predicted molar refractivity (Wildman–Crippen MR) is 66.3 cm³/mol. The van der Waals surface area contributed by atoms with Crippen LogP contribution in [0.3, 0.4) is 0 Å². The molecular weight excluding hydrogens is 258 g/mol. The largest absolute Gasteiger partial charge is 0.480 e. The molecule has 0 radical (unpaired) electrons. The molecule has 0 aromatic carbocycles. The molecule has 1 saturated heterocycles. The quantitative estimate of drug-likeness (QED) is 0.779. The van der Waals surface area contributed by atoms with Crippen molar-refractivity contribution >= 4 is 28.8 Å². The van der Waals surface area contributed by atoms with Crippen molar-refractivity contribution < 1.29 is 24.2 Å². The van der Waals surface area contributed by atoms with E-state index >= 15 is 0 Å². The second kappa shape index (κ2) is 6.75. The second-order valence-corrected chi connectivity index (χ2v) is 5.36. The fourth-order valence-electron chi connectivity index (χ4n) is 1.90. The van der Waals surface area contributed by atoms with E-state index in [1.54, 1.807) is 0 Å². The first-order valence-electron chi connectivity index (χ1n) is 5.64. The third-order valence-electron chi connectivity index (χ3n) is 2.82. The molecule has 0 spiro atoms. The van der Waals surface area contributed by atoms with Crippen molar-refractivity contribution in [1.29, 1.82) is 0 Å². The van der Waals surface area contributed by atoms with Crippen molar-refractivity contribution in [3.63, 3.8) is 0 Å². The highest BCUT2D eigenvalue weighted by molar-refractivity contribution is 8.13. The third kappa shape index (κ3) is 3.99. The van der Waals surface area contributed by atoms with Crippen LogP contribution in [0.4, 0.5) is 0 Å². The number of ether oxygens (including phenoxy) is 1. The van der Waals surface area contributed by atoms with Gasteiger partial charge in [-0.15, -0.1) is 0 Å². The lowest BCUT2D eigenvalue weighted by Crippen LogP contribution is -2.40. The Morgan fingerprint density at radius 2 is 2.11 bits per heavy atom. The van der Waals surface area contributed by atoms with Gasteiger partial charge in [0.2, 0.25) is 5.91 Å². The second-order valence-electron chi connectivity index (χ2n) is 4.08. The van der Waals surface area contributed by atoms with Gasteiger partial charge in [0, 0.05) is 39.2 Å². The lowest BCUT2D eigenvalue weighted by atomic mass is 10.2. The Labute approximate surface area is 110 Å². The molecule has 0 bridgehead atoms. The van der Waals surface area contributed by atoms with Gasteiger partial charge in [-0.1, -0.05) is 11.8 Å². The molecule has 1 aliphatic heterocycles. The van der Waals surface area contributed by atoms with Crippen LogP contribution in [0.25, 0.3) is 0 Å². The molecule has 1 heterocycles. The summed E-state index contributed by atoms with van der Waals surface area (Å²) in [6.07, 6.45) is 0.262. The molecule has 6 nitrogen and oxygen atoms in total. The number of aliphatic carboxylic acids is 1. The SMILES string of the molecule is CO[C@@H]1C[C@@H](C(=O)O)N(C(=O)CCSC(C)=O)C1. The summed E-state index contributed by atoms with van der Waals surface area (Å²) in [5.41, 5.74) is 0. The Kier molecular flexibility index (Phi) is 5.61. The lowest BCUT2D eigenvalue weighted by Gasteiger charge is -2.20. The minimum atomic E-state index is -1.01. The molecule has 7 heteroatoms. The first kappa shape index (κ1) is 15.0. The van der Waals surface area contributed by atoms with E-state index in [2.05, 4.69) is 0 Å². The van der Waals surface area contributed by atoms with Gasteiger partial charge in [0.1, 0.15) is 6.04 Å². The Hall–Kier alpha value is -1.08. The number of thioether (sulfide) groups is 1. The molecule has 1 rings (SSSR count). The predicted octanol–water partition coefficient (Wildman–Crippen LogP) is 0.357. The average molecular weight is 275 g/mol. The molecule has 18 heavy (non-hydrogen) atoms. The van der Waals surface area contributed by atoms with E-state index in [0.717, 1.165) is 11.8 Å². The summed E-state index contributed by atoms with van der Waals surface area (Å²) >= 11 is 1.07. The zero-order chi connectivity index (χ0) is 13.7. The van der Waals surface area contributed by atoms with Gasteiger partial charge in [-0.25, -0.2) is 4.79 Å². The number of carbonyl (C=O) groups is 3. The van der Waals surface area contributed by atoms with Gasteiger partial charge in [0.05, 0.1) is 6.10 Å². The average Bonchev–Trinajstić information content (AvgIpc) is 2.72. The molecular formula is C11H17NO5S. The van der Waals surface area contributed by atoms with Crippen LogP contribution in [0.2, 0.25) is 0 Å². The van der Waals surface area contributed by atoms with Gasteiger partial charge >= 0.3 is 5.97 Å². The number of carbonyl (C=O) groups excluding carboxylic acids is 2. The number of carboxylic acids is 1. The summed E-state index contributed by atoms with van der Waals surface area (Å²) in [7, 11) is 1.50. The van der Waals surface area contributed by atoms with Crippen LogP contribution < -0.4 is 0 Å². The molecule has 0 aliphatic carbocycles. The van der Waals surface area contributed by atoms with E-state index in [1.807, 2.05) is 0 Å². The molecule has 0 aromatic rings. The Bertz CT molecular complexity index is 346. The van der Waals surface area contributed by atoms with Crippen molar-refractivity contribution in [2.45, 2.75) is 31.9 Å². The minimum absolute atomic E-state index is 0.0474. The van der Waals surface area contributed by atoms with Crippen LogP contribution in [0.15, 0.2) is 0 Å². The molecule has 1 aliphatic rings. The fraction of sp³-hybridized carbons (Fsp3) is 0.727. The summed E-state index contributed by atoms with van der Waals surface area (Å²) in [5, 5.41) is 9.00. The van der Waals surface area contributed by atoms with Crippen LogP contribution in [0, 0.1) is 0 Å². The number of nitrogens with zero attached hydrogens (tertiary/aromatic N) is 1. The van der Waals surface area contributed by atoms with Gasteiger partial charge in [-0.3, -0.25) is 9.59 Å². The van der Waals surface area contributed by atoms with E-state index in [1.165, 1.54) is 18.9 Å². The maximum Gasteiger partial charge on any atom is 0.326 e. The first-order chi connectivity index (χ1) is 8.45. The van der Waals surface area contributed by atoms with Crippen molar-refractivity contribution in [1.82, 2.24) is 4.90 Å². The number of likely N-dealkylation sites (tertiary alicyclic amines) is 1. The zero-order valence-electron chi connectivity index (χ0n) is 10.4. The van der Waals surface area contributed by atoms with Gasteiger partial charge in [-0.05, 0) is 0 Å². The number of hydrogen-bond acceptors (Lipinski definition) is 5. The number of rotatable bonds is 5. The van der Waals surface area contributed by atoms with Gasteiger partial charge in [0.15, 0.2) is 5.12 Å². The Morgan fingerprint density at radius 3 is 2.61 bits per heavy atom. The van der Waals surface area contributed by atoms with E-state index in [-0.39, 0.29) is 23.5 Å². The molecule has 1 amide bonds. The smallest absolute Gasteiger partial charge is 0.326 e. The van der Waals surface area contributed by atoms with Gasteiger partial charge < -0.3 is 14.7 Å². The summed E-state index contributed by atoms with van der Waals surface area (Å²) in [5.74, 6) is -0.868. The number of hydrogen-bond donors (Lipinski definition) is 1. The highest BCUT2D eigenvalue weighted by Crippen LogP contribution is 2.21. The summed E-state index contributed by atoms with van der Waals surface area (Å²) in [6, 6.07) is -0.815. The molecule has 1 N–H and O–H groups in total. The first-order valence-corrected chi connectivity index (χ1v) is 6.62. The molecule has 0 saturated carbocycles. The molecule has 102 valence electrons. The zero-order valence-corrected chi connectivity index (χ0v) is 11.2. The maximum atomic E-state index is 11.9. The van der Waals surface area contributed by atoms with E-state index < -0.39 is 12.0 Å². The van der Waals surface area contributed by atoms with Gasteiger partial charge in [-0.2, -0.15) is 0 Å². The van der Waals surface area contributed by atoms with Crippen LogP contribution in [0.5, 0.6) is 0 Å². The standard InChI is InChI=1S/C11H17NO5S/c1-7(13)18-4-3-10(14)12-6-8(17-2)5-9(12)11(15)16/h8-9H,3-6H2,1-2H3,(H,15,16)/t8-,9+/m1/s1. The highest BCUT2D eigenvalue weighted by Gasteiger charge is 2.39. The van der Waals surface area contributed by atoms with Crippen LogP contribution in [0.1, 0.15) is 19.8 Å². The van der Waals surface area contributed by atoms with Crippen molar-refractivity contribution in [2.24, 2.45) is 0 Å². The summed E-state index contributed by atoms with van der Waals surface area (Å²) < 4.78 is 5.10. The normalized spacial score (nSPS) is 23.1. The van der Waals surface area contributed by atoms with Crippen LogP contribution in [-0.4, -0.2) is 58.6 Å². The molecule has 0 aromatic heterocycles. The number of carboxylic acid groups (broad SMARTS) is 1. The topological polar surface area (TPSA) is 83.9 Å². The van der Waals surface area contributed by atoms with Crippen molar-refractivity contribution in [3.05, 3.63) is 0 Å². The Balaban J connectivity index is 2.54. The van der Waals surface area contributed by atoms with Gasteiger partial charge in [0.25, 0.3) is 0 Å². The molecule has 2 atom stereocenters. The van der Waals surface area contributed by atoms with E-state index in [4.69, 9.17) is 9.84 Å². The fourth-order valence-corrected chi connectivity index (χ4v) is 2.47. The minimum Gasteiger partial charge on any atom is -0.480 e. The van der Waals surface area contributed by atoms with Crippen LogP contribution >= 0.6 is 11.8 Å². The van der Waals surface area contributed by atoms with E-state index in [9.17, 15) is 14.4 Å². The number of amides is 1. The summed E-state index contributed by atoms with van der Waals surface area (Å²) in [4.78, 5) is 35.0. The maximum absolute atomic E-state index is 11.9. The number of methoxy groups -OCH3 is 1. The van der Waals surface area contributed by atoms with E-state index in [0.29, 0.717) is 18.7 Å². The van der Waals surface area contributed by atoms with Crippen LogP contribution in [-0.2, 0) is 19.1 Å². The van der Waals surface area contributed by atoms with Crippen molar-refractivity contribution in [3.8, 4) is 0 Å². The van der Waals surface area contributed by atoms with Crippen molar-refractivity contribution in [2.75, 3.05) is 19.4 Å². The third-order valence-corrected chi connectivity index (χ3v) is 3.64. The molecule has 1 fully saturated rings. The summed E-state index contributed by atoms with van der Waals surface area (Å²) in [6.45, 7) is 1.74. The highest BCUT2D eigenvalue weighted by atomic mass is 32.2. The lowest BCUT2D eigenvalue weighted by molar-refractivity contribution is -0.148.